The maximum Gasteiger partial charge on any atom is 0.295 e. The van der Waals surface area contributed by atoms with Gasteiger partial charge in [0.15, 0.2) is 0 Å². The Morgan fingerprint density at radius 2 is 1.61 bits per heavy atom. The number of nitrogen functional groups attached to an aromatic ring is 1. The lowest BCUT2D eigenvalue weighted by atomic mass is 10.0. The molecule has 0 amide bonds. The minimum absolute atomic E-state index is 0.00176. The minimum Gasteiger partial charge on any atom is -0.505 e. The molecule has 2 aromatic carbocycles. The summed E-state index contributed by atoms with van der Waals surface area (Å²) in [5, 5.41) is 9.89. The van der Waals surface area contributed by atoms with Crippen LogP contribution < -0.4 is 5.73 Å². The van der Waals surface area contributed by atoms with Gasteiger partial charge in [-0.1, -0.05) is 30.3 Å². The molecule has 18 heavy (non-hydrogen) atoms. The van der Waals surface area contributed by atoms with E-state index in [-0.39, 0.29) is 21.9 Å². The Balaban J connectivity index is 2.84. The van der Waals surface area contributed by atoms with E-state index in [4.69, 9.17) is 10.3 Å². The molecule has 2 rings (SSSR count). The predicted molar refractivity (Wildman–Crippen MR) is 67.8 cm³/mol. The molecular formula is C12H11NO4S. The van der Waals surface area contributed by atoms with Crippen LogP contribution in [0.2, 0.25) is 0 Å². The lowest BCUT2D eigenvalue weighted by Gasteiger charge is -2.11. The standard InChI is InChI=1S/C12H11NO4S/c13-9-6-7-10(18(15,16)17)11(12(9)14)8-4-2-1-3-5-8/h1-7,14H,13H2,(H,15,16,17). The highest BCUT2D eigenvalue weighted by molar-refractivity contribution is 7.86. The second kappa shape index (κ2) is 4.32. The molecule has 0 heterocycles. The highest BCUT2D eigenvalue weighted by Gasteiger charge is 2.21. The molecule has 2 aromatic rings. The van der Waals surface area contributed by atoms with E-state index in [9.17, 15) is 13.5 Å². The maximum absolute atomic E-state index is 11.3. The van der Waals surface area contributed by atoms with Crippen LogP contribution in [-0.4, -0.2) is 18.1 Å². The first kappa shape index (κ1) is 12.4. The molecule has 0 aliphatic heterocycles. The zero-order valence-corrected chi connectivity index (χ0v) is 10.1. The van der Waals surface area contributed by atoms with Gasteiger partial charge in [0.2, 0.25) is 0 Å². The van der Waals surface area contributed by atoms with Crippen LogP contribution in [0.15, 0.2) is 47.4 Å². The van der Waals surface area contributed by atoms with Gasteiger partial charge in [-0.2, -0.15) is 8.42 Å². The molecule has 0 unspecified atom stereocenters. The summed E-state index contributed by atoms with van der Waals surface area (Å²) in [6, 6.07) is 10.7. The molecule has 0 fully saturated rings. The Hall–Kier alpha value is -2.05. The van der Waals surface area contributed by atoms with Crippen molar-refractivity contribution in [3.8, 4) is 16.9 Å². The molecule has 0 atom stereocenters. The van der Waals surface area contributed by atoms with Crippen molar-refractivity contribution in [3.05, 3.63) is 42.5 Å². The molecule has 0 saturated heterocycles. The highest BCUT2D eigenvalue weighted by Crippen LogP contribution is 2.38. The van der Waals surface area contributed by atoms with Gasteiger partial charge in [0, 0.05) is 5.56 Å². The lowest BCUT2D eigenvalue weighted by Crippen LogP contribution is -2.02. The van der Waals surface area contributed by atoms with E-state index in [1.165, 1.54) is 6.07 Å². The smallest absolute Gasteiger partial charge is 0.295 e. The van der Waals surface area contributed by atoms with Crippen molar-refractivity contribution in [2.75, 3.05) is 5.73 Å². The summed E-state index contributed by atoms with van der Waals surface area (Å²) in [4.78, 5) is -0.375. The average Bonchev–Trinajstić information content (AvgIpc) is 2.32. The number of benzene rings is 2. The monoisotopic (exact) mass is 265 g/mol. The highest BCUT2D eigenvalue weighted by atomic mass is 32.2. The number of nitrogens with two attached hydrogens (primary N) is 1. The second-order valence-corrected chi connectivity index (χ2v) is 5.11. The number of aromatic hydroxyl groups is 1. The SMILES string of the molecule is Nc1ccc(S(=O)(=O)O)c(-c2ccccc2)c1O. The van der Waals surface area contributed by atoms with Crippen molar-refractivity contribution in [3.63, 3.8) is 0 Å². The first-order valence-corrected chi connectivity index (χ1v) is 6.49. The normalized spacial score (nSPS) is 11.4. The summed E-state index contributed by atoms with van der Waals surface area (Å²) >= 11 is 0. The third-order valence-corrected chi connectivity index (χ3v) is 3.41. The predicted octanol–water partition coefficient (Wildman–Crippen LogP) is 1.89. The molecular weight excluding hydrogens is 254 g/mol. The summed E-state index contributed by atoms with van der Waals surface area (Å²) in [5.74, 6) is -0.365. The van der Waals surface area contributed by atoms with Crippen molar-refractivity contribution in [1.29, 1.82) is 0 Å². The molecule has 0 aliphatic rings. The number of anilines is 1. The number of rotatable bonds is 2. The Morgan fingerprint density at radius 1 is 1.00 bits per heavy atom. The first-order chi connectivity index (χ1) is 8.41. The molecule has 4 N–H and O–H groups in total. The molecule has 0 radical (unpaired) electrons. The van der Waals surface area contributed by atoms with E-state index < -0.39 is 10.1 Å². The summed E-state index contributed by atoms with van der Waals surface area (Å²) in [7, 11) is -4.44. The van der Waals surface area contributed by atoms with Crippen molar-refractivity contribution >= 4 is 15.8 Å². The third kappa shape index (κ3) is 2.15. The largest absolute Gasteiger partial charge is 0.505 e. The van der Waals surface area contributed by atoms with Gasteiger partial charge in [0.1, 0.15) is 10.6 Å². The summed E-state index contributed by atoms with van der Waals surface area (Å²) < 4.78 is 31.8. The fourth-order valence-corrected chi connectivity index (χ4v) is 2.40. The average molecular weight is 265 g/mol. The maximum atomic E-state index is 11.3. The number of hydrogen-bond acceptors (Lipinski definition) is 4. The van der Waals surface area contributed by atoms with Crippen LogP contribution in [0, 0.1) is 0 Å². The van der Waals surface area contributed by atoms with Gasteiger partial charge in [-0.25, -0.2) is 0 Å². The second-order valence-electron chi connectivity index (χ2n) is 3.72. The van der Waals surface area contributed by atoms with Gasteiger partial charge in [0.25, 0.3) is 10.1 Å². The first-order valence-electron chi connectivity index (χ1n) is 5.05. The van der Waals surface area contributed by atoms with Crippen LogP contribution in [-0.2, 0) is 10.1 Å². The Bertz CT molecular complexity index is 681. The topological polar surface area (TPSA) is 101 Å². The molecule has 5 nitrogen and oxygen atoms in total. The van der Waals surface area contributed by atoms with Crippen LogP contribution in [0.25, 0.3) is 11.1 Å². The number of phenolic OH excluding ortho intramolecular Hbond substituents is 1. The van der Waals surface area contributed by atoms with Gasteiger partial charge in [-0.15, -0.1) is 0 Å². The summed E-state index contributed by atoms with van der Waals surface area (Å²) in [5.41, 5.74) is 6.04. The van der Waals surface area contributed by atoms with E-state index in [2.05, 4.69) is 0 Å². The zero-order valence-electron chi connectivity index (χ0n) is 9.24. The third-order valence-electron chi connectivity index (χ3n) is 2.51. The van der Waals surface area contributed by atoms with E-state index in [1.807, 2.05) is 0 Å². The lowest BCUT2D eigenvalue weighted by molar-refractivity contribution is 0.470. The van der Waals surface area contributed by atoms with Gasteiger partial charge in [0.05, 0.1) is 5.69 Å². The molecule has 0 bridgehead atoms. The van der Waals surface area contributed by atoms with Gasteiger partial charge in [-0.05, 0) is 17.7 Å². The summed E-state index contributed by atoms with van der Waals surface area (Å²) in [6.45, 7) is 0. The Kier molecular flexibility index (Phi) is 2.98. The fourth-order valence-electron chi connectivity index (χ4n) is 1.69. The Morgan fingerprint density at radius 3 is 2.17 bits per heavy atom. The Labute approximate surface area is 104 Å². The van der Waals surface area contributed by atoms with Crippen LogP contribution in [0.4, 0.5) is 5.69 Å². The molecule has 6 heteroatoms. The van der Waals surface area contributed by atoms with Crippen molar-refractivity contribution in [1.82, 2.24) is 0 Å². The van der Waals surface area contributed by atoms with Gasteiger partial charge < -0.3 is 10.8 Å². The molecule has 0 spiro atoms. The fraction of sp³-hybridized carbons (Fsp3) is 0. The van der Waals surface area contributed by atoms with Crippen LogP contribution in [0.3, 0.4) is 0 Å². The van der Waals surface area contributed by atoms with Crippen molar-refractivity contribution < 1.29 is 18.1 Å². The quantitative estimate of drug-likeness (QED) is 0.437. The van der Waals surface area contributed by atoms with Gasteiger partial charge in [-0.3, -0.25) is 4.55 Å². The molecule has 0 saturated carbocycles. The number of phenols is 1. The number of hydrogen-bond donors (Lipinski definition) is 3. The van der Waals surface area contributed by atoms with Crippen molar-refractivity contribution in [2.45, 2.75) is 4.90 Å². The van der Waals surface area contributed by atoms with E-state index in [0.717, 1.165) is 6.07 Å². The molecule has 0 aliphatic carbocycles. The van der Waals surface area contributed by atoms with Crippen LogP contribution in [0.5, 0.6) is 5.75 Å². The van der Waals surface area contributed by atoms with E-state index in [1.54, 1.807) is 30.3 Å². The molecule has 94 valence electrons. The van der Waals surface area contributed by atoms with Crippen molar-refractivity contribution in [2.24, 2.45) is 0 Å². The molecule has 0 aromatic heterocycles. The minimum atomic E-state index is -4.44. The summed E-state index contributed by atoms with van der Waals surface area (Å²) in [6.07, 6.45) is 0. The van der Waals surface area contributed by atoms with E-state index >= 15 is 0 Å². The zero-order chi connectivity index (χ0) is 13.3. The van der Waals surface area contributed by atoms with Gasteiger partial charge >= 0.3 is 0 Å². The van der Waals surface area contributed by atoms with E-state index in [0.29, 0.717) is 5.56 Å². The van der Waals surface area contributed by atoms with Crippen LogP contribution in [0.1, 0.15) is 0 Å². The van der Waals surface area contributed by atoms with Crippen LogP contribution >= 0.6 is 0 Å².